The topological polar surface area (TPSA) is 88.4 Å². The van der Waals surface area contributed by atoms with E-state index in [4.69, 9.17) is 4.52 Å². The van der Waals surface area contributed by atoms with Crippen molar-refractivity contribution in [2.75, 3.05) is 25.0 Å². The van der Waals surface area contributed by atoms with E-state index in [0.717, 1.165) is 25.2 Å². The number of anilines is 1. The molecule has 3 N–H and O–H groups in total. The normalized spacial score (nSPS) is 15.3. The number of fused-ring (bicyclic) bond motifs is 1. The van der Waals surface area contributed by atoms with Crippen LogP contribution in [0.2, 0.25) is 0 Å². The fourth-order valence-corrected chi connectivity index (χ4v) is 2.08. The summed E-state index contributed by atoms with van der Waals surface area (Å²) >= 11 is 0. The standard InChI is InChI=1S/C13H13F3N4O3/c14-13(15,16)22-8-1-2-10-9(3-8)12(20-23-10)18-6-11(21)19-7-4-17-5-7/h1-3,7,17H,4-6H2,(H,18,20)(H,19,21). The van der Waals surface area contributed by atoms with Crippen LogP contribution in [-0.4, -0.2) is 43.1 Å². The molecule has 1 amide bonds. The largest absolute Gasteiger partial charge is 0.573 e. The third-order valence-corrected chi connectivity index (χ3v) is 3.24. The highest BCUT2D eigenvalue weighted by molar-refractivity contribution is 5.91. The summed E-state index contributed by atoms with van der Waals surface area (Å²) in [6.45, 7) is 1.37. The van der Waals surface area contributed by atoms with Crippen molar-refractivity contribution >= 4 is 22.7 Å². The molecule has 1 aliphatic rings. The second-order valence-corrected chi connectivity index (χ2v) is 5.01. The summed E-state index contributed by atoms with van der Waals surface area (Å²) in [6.07, 6.45) is -4.78. The third-order valence-electron chi connectivity index (χ3n) is 3.24. The number of benzene rings is 1. The van der Waals surface area contributed by atoms with Crippen LogP contribution in [0.3, 0.4) is 0 Å². The van der Waals surface area contributed by atoms with Gasteiger partial charge in [0.2, 0.25) is 5.91 Å². The van der Waals surface area contributed by atoms with Gasteiger partial charge in [0, 0.05) is 13.1 Å². The fourth-order valence-electron chi connectivity index (χ4n) is 2.08. The summed E-state index contributed by atoms with van der Waals surface area (Å²) in [7, 11) is 0. The molecule has 0 bridgehead atoms. The number of ether oxygens (including phenoxy) is 1. The van der Waals surface area contributed by atoms with E-state index < -0.39 is 6.36 Å². The van der Waals surface area contributed by atoms with Gasteiger partial charge in [-0.15, -0.1) is 13.2 Å². The Morgan fingerprint density at radius 1 is 1.43 bits per heavy atom. The van der Waals surface area contributed by atoms with Gasteiger partial charge in [-0.2, -0.15) is 0 Å². The van der Waals surface area contributed by atoms with E-state index in [-0.39, 0.29) is 35.6 Å². The molecule has 0 atom stereocenters. The molecule has 0 saturated carbocycles. The molecule has 23 heavy (non-hydrogen) atoms. The molecule has 0 radical (unpaired) electrons. The maximum absolute atomic E-state index is 12.2. The molecule has 0 unspecified atom stereocenters. The van der Waals surface area contributed by atoms with Gasteiger partial charge in [-0.3, -0.25) is 4.79 Å². The fraction of sp³-hybridized carbons (Fsp3) is 0.385. The molecular weight excluding hydrogens is 317 g/mol. The van der Waals surface area contributed by atoms with Crippen molar-refractivity contribution in [1.29, 1.82) is 0 Å². The van der Waals surface area contributed by atoms with Gasteiger partial charge < -0.3 is 25.2 Å². The van der Waals surface area contributed by atoms with E-state index in [9.17, 15) is 18.0 Å². The maximum atomic E-state index is 12.2. The average Bonchev–Trinajstić information content (AvgIpc) is 2.81. The first kappa shape index (κ1) is 15.4. The van der Waals surface area contributed by atoms with Crippen LogP contribution < -0.4 is 20.7 Å². The molecular formula is C13H13F3N4O3. The van der Waals surface area contributed by atoms with Crippen molar-refractivity contribution in [1.82, 2.24) is 15.8 Å². The van der Waals surface area contributed by atoms with Gasteiger partial charge in [-0.1, -0.05) is 5.16 Å². The summed E-state index contributed by atoms with van der Waals surface area (Å²) in [4.78, 5) is 11.7. The molecule has 3 rings (SSSR count). The molecule has 0 spiro atoms. The number of carbonyl (C=O) groups is 1. The first-order chi connectivity index (χ1) is 10.9. The molecule has 2 heterocycles. The number of nitrogens with one attached hydrogen (secondary N) is 3. The zero-order valence-electron chi connectivity index (χ0n) is 11.7. The number of nitrogens with zero attached hydrogens (tertiary/aromatic N) is 1. The number of hydrogen-bond donors (Lipinski definition) is 3. The van der Waals surface area contributed by atoms with E-state index in [1.165, 1.54) is 6.07 Å². The summed E-state index contributed by atoms with van der Waals surface area (Å²) in [5, 5.41) is 12.5. The molecule has 124 valence electrons. The first-order valence-corrected chi connectivity index (χ1v) is 6.80. The monoisotopic (exact) mass is 330 g/mol. The van der Waals surface area contributed by atoms with Gasteiger partial charge in [0.25, 0.3) is 0 Å². The molecule has 1 saturated heterocycles. The number of rotatable bonds is 5. The molecule has 1 aliphatic heterocycles. The first-order valence-electron chi connectivity index (χ1n) is 6.80. The predicted octanol–water partition coefficient (Wildman–Crippen LogP) is 1.23. The summed E-state index contributed by atoms with van der Waals surface area (Å²) < 4.78 is 45.6. The van der Waals surface area contributed by atoms with Crippen LogP contribution in [0.25, 0.3) is 11.0 Å². The van der Waals surface area contributed by atoms with Gasteiger partial charge >= 0.3 is 6.36 Å². The molecule has 0 aliphatic carbocycles. The number of halogens is 3. The predicted molar refractivity (Wildman–Crippen MR) is 74.0 cm³/mol. The second kappa shape index (κ2) is 5.95. The van der Waals surface area contributed by atoms with Crippen LogP contribution in [0.1, 0.15) is 0 Å². The maximum Gasteiger partial charge on any atom is 0.573 e. The molecule has 1 aromatic heterocycles. The smallest absolute Gasteiger partial charge is 0.406 e. The number of alkyl halides is 3. The average molecular weight is 330 g/mol. The van der Waals surface area contributed by atoms with E-state index in [2.05, 4.69) is 25.8 Å². The third kappa shape index (κ3) is 3.83. The van der Waals surface area contributed by atoms with Crippen molar-refractivity contribution < 1.29 is 27.2 Å². The molecule has 1 fully saturated rings. The lowest BCUT2D eigenvalue weighted by Crippen LogP contribution is -2.57. The molecule has 1 aromatic carbocycles. The van der Waals surface area contributed by atoms with Crippen LogP contribution in [0.4, 0.5) is 19.0 Å². The van der Waals surface area contributed by atoms with E-state index in [1.807, 2.05) is 0 Å². The van der Waals surface area contributed by atoms with Gasteiger partial charge in [-0.25, -0.2) is 0 Å². The Kier molecular flexibility index (Phi) is 3.99. The zero-order valence-corrected chi connectivity index (χ0v) is 11.7. The summed E-state index contributed by atoms with van der Waals surface area (Å²) in [5.41, 5.74) is 0.283. The van der Waals surface area contributed by atoms with Crippen molar-refractivity contribution in [3.63, 3.8) is 0 Å². The van der Waals surface area contributed by atoms with Crippen molar-refractivity contribution in [2.45, 2.75) is 12.4 Å². The lowest BCUT2D eigenvalue weighted by Gasteiger charge is -2.27. The quantitative estimate of drug-likeness (QED) is 0.764. The van der Waals surface area contributed by atoms with E-state index >= 15 is 0 Å². The van der Waals surface area contributed by atoms with Crippen molar-refractivity contribution in [3.8, 4) is 5.75 Å². The Morgan fingerprint density at radius 2 is 2.22 bits per heavy atom. The Bertz CT molecular complexity index is 712. The van der Waals surface area contributed by atoms with Gasteiger partial charge in [0.05, 0.1) is 18.0 Å². The van der Waals surface area contributed by atoms with Crippen LogP contribution >= 0.6 is 0 Å². The van der Waals surface area contributed by atoms with Crippen molar-refractivity contribution in [3.05, 3.63) is 18.2 Å². The van der Waals surface area contributed by atoms with Crippen LogP contribution in [0.5, 0.6) is 5.75 Å². The second-order valence-electron chi connectivity index (χ2n) is 5.01. The Labute approximate surface area is 128 Å². The molecule has 10 heteroatoms. The lowest BCUT2D eigenvalue weighted by molar-refractivity contribution is -0.274. The summed E-state index contributed by atoms with van der Waals surface area (Å²) in [6, 6.07) is 3.69. The van der Waals surface area contributed by atoms with E-state index in [1.54, 1.807) is 0 Å². The number of amides is 1. The molecule has 2 aromatic rings. The van der Waals surface area contributed by atoms with Crippen LogP contribution in [0, 0.1) is 0 Å². The van der Waals surface area contributed by atoms with Crippen molar-refractivity contribution in [2.24, 2.45) is 0 Å². The number of hydrogen-bond acceptors (Lipinski definition) is 6. The number of carbonyl (C=O) groups excluding carboxylic acids is 1. The Hall–Kier alpha value is -2.49. The minimum Gasteiger partial charge on any atom is -0.406 e. The SMILES string of the molecule is O=C(CNc1noc2ccc(OC(F)(F)F)cc12)NC1CNC1. The molecule has 7 nitrogen and oxygen atoms in total. The summed E-state index contributed by atoms with van der Waals surface area (Å²) in [5.74, 6) is -0.453. The van der Waals surface area contributed by atoms with E-state index in [0.29, 0.717) is 5.39 Å². The highest BCUT2D eigenvalue weighted by Gasteiger charge is 2.31. The highest BCUT2D eigenvalue weighted by atomic mass is 19.4. The Balaban J connectivity index is 1.67. The minimum absolute atomic E-state index is 0.0670. The van der Waals surface area contributed by atoms with Gasteiger partial charge in [-0.05, 0) is 18.2 Å². The Morgan fingerprint density at radius 3 is 2.87 bits per heavy atom. The van der Waals surface area contributed by atoms with Gasteiger partial charge in [0.1, 0.15) is 5.75 Å². The lowest BCUT2D eigenvalue weighted by atomic mass is 10.2. The highest BCUT2D eigenvalue weighted by Crippen LogP contribution is 2.30. The van der Waals surface area contributed by atoms with Crippen LogP contribution in [-0.2, 0) is 4.79 Å². The number of aromatic nitrogens is 1. The van der Waals surface area contributed by atoms with Crippen LogP contribution in [0.15, 0.2) is 22.7 Å². The zero-order chi connectivity index (χ0) is 16.4. The van der Waals surface area contributed by atoms with Gasteiger partial charge in [0.15, 0.2) is 11.4 Å². The minimum atomic E-state index is -4.78.